The lowest BCUT2D eigenvalue weighted by atomic mass is 9.94. The average molecular weight is 989 g/mol. The van der Waals surface area contributed by atoms with Gasteiger partial charge in [-0.15, -0.1) is 5.54 Å². The molecular formula is C52H65F5N8O4Si. The van der Waals surface area contributed by atoms with Gasteiger partial charge in [0.1, 0.15) is 43.6 Å². The van der Waals surface area contributed by atoms with Crippen LogP contribution in [-0.4, -0.2) is 88.6 Å². The largest absolute Gasteiger partial charge is 0.476 e. The molecule has 0 aliphatic carbocycles. The number of amides is 1. The summed E-state index contributed by atoms with van der Waals surface area (Å²) in [5.74, 6) is 2.09. The molecule has 0 saturated carbocycles. The predicted molar refractivity (Wildman–Crippen MR) is 264 cm³/mol. The highest BCUT2D eigenvalue weighted by molar-refractivity contribution is 6.90. The lowest BCUT2D eigenvalue weighted by Crippen LogP contribution is -2.49. The first-order valence-corrected chi connectivity index (χ1v) is 26.7. The molecule has 2 aromatic carbocycles. The maximum absolute atomic E-state index is 17.8. The number of nitrogens with one attached hydrogen (secondary N) is 1. The van der Waals surface area contributed by atoms with Gasteiger partial charge in [0, 0.05) is 42.3 Å². The van der Waals surface area contributed by atoms with Crippen LogP contribution >= 0.6 is 0 Å². The van der Waals surface area contributed by atoms with Gasteiger partial charge in [0.25, 0.3) is 0 Å². The van der Waals surface area contributed by atoms with Crippen molar-refractivity contribution in [3.63, 3.8) is 0 Å². The summed E-state index contributed by atoms with van der Waals surface area (Å²) in [6, 6.07) is 8.91. The Labute approximate surface area is 408 Å². The fourth-order valence-electron chi connectivity index (χ4n) is 10.1. The van der Waals surface area contributed by atoms with Crippen LogP contribution in [0.5, 0.6) is 11.9 Å². The minimum atomic E-state index is -4.63. The van der Waals surface area contributed by atoms with Gasteiger partial charge in [0.05, 0.1) is 17.6 Å². The van der Waals surface area contributed by atoms with Crippen molar-refractivity contribution < 1.29 is 41.0 Å². The second kappa shape index (κ2) is 21.8. The van der Waals surface area contributed by atoms with E-state index in [1.165, 1.54) is 17.3 Å². The van der Waals surface area contributed by atoms with Gasteiger partial charge in [-0.2, -0.15) is 23.1 Å². The minimum absolute atomic E-state index is 0.00604. The van der Waals surface area contributed by atoms with Crippen LogP contribution in [0.25, 0.3) is 32.9 Å². The number of hydrogen-bond acceptors (Lipinski definition) is 11. The van der Waals surface area contributed by atoms with Crippen LogP contribution in [0.1, 0.15) is 119 Å². The summed E-state index contributed by atoms with van der Waals surface area (Å²) in [5.41, 5.74) is 3.07. The summed E-state index contributed by atoms with van der Waals surface area (Å²) in [6.45, 7) is 20.1. The van der Waals surface area contributed by atoms with Gasteiger partial charge in [-0.1, -0.05) is 71.7 Å². The molecular weight excluding hydrogens is 924 g/mol. The van der Waals surface area contributed by atoms with Crippen LogP contribution in [0.2, 0.25) is 16.6 Å². The van der Waals surface area contributed by atoms with Gasteiger partial charge in [-0.25, -0.2) is 28.6 Å². The molecule has 2 saturated heterocycles. The van der Waals surface area contributed by atoms with E-state index in [4.69, 9.17) is 29.2 Å². The Morgan fingerprint density at radius 2 is 1.61 bits per heavy atom. The second-order valence-corrected chi connectivity index (χ2v) is 26.0. The second-order valence-electron chi connectivity index (χ2n) is 20.4. The molecule has 2 aliphatic heterocycles. The van der Waals surface area contributed by atoms with E-state index < -0.39 is 43.3 Å². The van der Waals surface area contributed by atoms with Gasteiger partial charge in [-0.05, 0) is 106 Å². The van der Waals surface area contributed by atoms with Crippen LogP contribution in [-0.2, 0) is 10.9 Å². The average Bonchev–Trinajstić information content (AvgIpc) is 3.55. The Morgan fingerprint density at radius 3 is 2.33 bits per heavy atom. The smallest absolute Gasteiger partial charge is 0.433 e. The fraction of sp³-hybridized carbons (Fsp3) is 0.538. The van der Waals surface area contributed by atoms with Crippen LogP contribution in [0, 0.1) is 29.0 Å². The van der Waals surface area contributed by atoms with E-state index in [2.05, 4.69) is 68.3 Å². The summed E-state index contributed by atoms with van der Waals surface area (Å²) in [5, 5.41) is 7.98. The molecule has 1 amide bonds. The molecule has 2 atom stereocenters. The van der Waals surface area contributed by atoms with Crippen LogP contribution in [0.4, 0.5) is 32.6 Å². The van der Waals surface area contributed by atoms with E-state index in [-0.39, 0.29) is 65.0 Å². The highest BCUT2D eigenvalue weighted by Gasteiger charge is 2.42. The maximum atomic E-state index is 17.8. The van der Waals surface area contributed by atoms with E-state index >= 15 is 8.78 Å². The molecule has 0 radical (unpaired) electrons. The summed E-state index contributed by atoms with van der Waals surface area (Å²) in [4.78, 5) is 35.4. The number of carbonyl (C=O) groups excluding carboxylic acids is 1. The lowest BCUT2D eigenvalue weighted by Gasteiger charge is -2.38. The minimum Gasteiger partial charge on any atom is -0.476 e. The van der Waals surface area contributed by atoms with E-state index in [1.54, 1.807) is 44.0 Å². The molecule has 0 bridgehead atoms. The van der Waals surface area contributed by atoms with Gasteiger partial charge < -0.3 is 19.5 Å². The molecule has 2 fully saturated rings. The van der Waals surface area contributed by atoms with Crippen molar-refractivity contribution in [1.82, 2.24) is 35.2 Å². The number of alkyl halides is 3. The quantitative estimate of drug-likeness (QED) is 0.0772. The van der Waals surface area contributed by atoms with Gasteiger partial charge in [-0.3, -0.25) is 9.99 Å². The number of pyridine rings is 1. The summed E-state index contributed by atoms with van der Waals surface area (Å²) >= 11 is 0. The number of rotatable bonds is 11. The third kappa shape index (κ3) is 11.7. The maximum Gasteiger partial charge on any atom is 0.433 e. The number of anilines is 1. The highest BCUT2D eigenvalue weighted by Crippen LogP contribution is 2.42. The fourth-order valence-corrected chi connectivity index (χ4v) is 15.3. The predicted octanol–water partition coefficient (Wildman–Crippen LogP) is 12.3. The monoisotopic (exact) mass is 988 g/mol. The van der Waals surface area contributed by atoms with E-state index in [0.29, 0.717) is 78.3 Å². The molecule has 12 nitrogen and oxygen atoms in total. The molecule has 2 aliphatic rings. The number of aromatic nitrogens is 5. The number of nitrogens with zero attached hydrogens (tertiary/aromatic N) is 7. The zero-order valence-corrected chi connectivity index (χ0v) is 42.6. The molecule has 18 heteroatoms. The van der Waals surface area contributed by atoms with Crippen molar-refractivity contribution in [2.45, 2.75) is 142 Å². The Kier molecular flexibility index (Phi) is 16.2. The molecule has 2 unspecified atom stereocenters. The number of hydrazine groups is 1. The zero-order chi connectivity index (χ0) is 50.5. The van der Waals surface area contributed by atoms with E-state index in [0.717, 1.165) is 31.7 Å². The van der Waals surface area contributed by atoms with Crippen molar-refractivity contribution in [3.05, 3.63) is 71.8 Å². The summed E-state index contributed by atoms with van der Waals surface area (Å²) in [6.07, 6.45) is 2.19. The molecule has 1 N–H and O–H groups in total. The summed E-state index contributed by atoms with van der Waals surface area (Å²) < 4.78 is 91.8. The Morgan fingerprint density at radius 1 is 0.871 bits per heavy atom. The Balaban J connectivity index is 1.27. The van der Waals surface area contributed by atoms with Crippen LogP contribution in [0.3, 0.4) is 0 Å². The molecule has 5 heterocycles. The van der Waals surface area contributed by atoms with Crippen molar-refractivity contribution in [1.29, 1.82) is 0 Å². The molecule has 5 aromatic rings. The van der Waals surface area contributed by atoms with E-state index in [9.17, 15) is 18.0 Å². The van der Waals surface area contributed by atoms with Gasteiger partial charge in [0.15, 0.2) is 17.3 Å². The third-order valence-corrected chi connectivity index (χ3v) is 19.8. The van der Waals surface area contributed by atoms with Crippen molar-refractivity contribution in [2.24, 2.45) is 5.92 Å². The molecule has 70 heavy (non-hydrogen) atoms. The Hall–Kier alpha value is -5.67. The molecule has 7 rings (SSSR count). The van der Waals surface area contributed by atoms with Gasteiger partial charge >= 0.3 is 18.3 Å². The number of halogens is 5. The molecule has 376 valence electrons. The third-order valence-electron chi connectivity index (χ3n) is 13.5. The first kappa shape index (κ1) is 52.2. The van der Waals surface area contributed by atoms with Gasteiger partial charge in [0.2, 0.25) is 5.88 Å². The molecule has 0 spiro atoms. The topological polar surface area (TPSA) is 128 Å². The van der Waals surface area contributed by atoms with E-state index in [1.807, 2.05) is 6.07 Å². The first-order chi connectivity index (χ1) is 33.2. The van der Waals surface area contributed by atoms with Crippen molar-refractivity contribution in [2.75, 3.05) is 37.9 Å². The summed E-state index contributed by atoms with van der Waals surface area (Å²) in [7, 11) is -2.31. The standard InChI is InChI=1S/C52H65F5N8O4Si/c1-32(2)70(33(3)4,34(5)6)26-22-38-41(53)21-19-36-16-13-17-39(44(36)38)46-45(54)47-40(28-59-46)48(64-24-11-10-12-25-65(64)50(66)69-51(7,8)9)63-49(62-47)68-29-35-15-14-23-58-37(20-18-35)30-67-43-27-42(52(55,56)57)60-31-61-43/h13,16-17,19,21,27-28,31-35,37,58H,10-12,14-15,18,20,23-25,29-30H2,1-9H3. The van der Waals surface area contributed by atoms with Crippen LogP contribution in [0.15, 0.2) is 48.9 Å². The number of ether oxygens (including phenoxy) is 3. The zero-order valence-electron chi connectivity index (χ0n) is 41.6. The number of fused-ring (bicyclic) bond motifs is 2. The Bertz CT molecular complexity index is 2700. The lowest BCUT2D eigenvalue weighted by molar-refractivity contribution is -0.141. The highest BCUT2D eigenvalue weighted by atomic mass is 28.3. The number of hydrogen-bond donors (Lipinski definition) is 1. The normalized spacial score (nSPS) is 17.6. The first-order valence-electron chi connectivity index (χ1n) is 24.4. The SMILES string of the molecule is CC(C)[Si](C#Cc1c(F)ccc2cccc(-c3ncc4c(N5CCCCCN5C(=O)OC(C)(C)C)nc(OCC5CCCNC(COc6cc(C(F)(F)F)ncn6)CC5)nc4c3F)c12)(C(C)C)C(C)C. The van der Waals surface area contributed by atoms with Crippen LogP contribution < -0.4 is 19.8 Å². The van der Waals surface area contributed by atoms with Crippen molar-refractivity contribution in [3.8, 4) is 34.6 Å². The number of carbonyl (C=O) groups is 1. The molecule has 3 aromatic heterocycles. The number of benzene rings is 2. The van der Waals surface area contributed by atoms with Crippen molar-refractivity contribution >= 4 is 41.7 Å².